The van der Waals surface area contributed by atoms with E-state index in [1.54, 1.807) is 0 Å². The van der Waals surface area contributed by atoms with Gasteiger partial charge in [-0.3, -0.25) is 4.99 Å². The van der Waals surface area contributed by atoms with Crippen LogP contribution >= 0.6 is 24.0 Å². The number of aliphatic imine (C=N–C) groups is 1. The minimum Gasteiger partial charge on any atom is -0.381 e. The van der Waals surface area contributed by atoms with Crippen molar-refractivity contribution in [2.24, 2.45) is 10.4 Å². The fourth-order valence-corrected chi connectivity index (χ4v) is 3.64. The molecule has 0 aromatic carbocycles. The normalized spacial score (nSPS) is 21.3. The second kappa shape index (κ2) is 12.3. The van der Waals surface area contributed by atoms with E-state index < -0.39 is 0 Å². The summed E-state index contributed by atoms with van der Waals surface area (Å²) in [5, 5.41) is 6.93. The average Bonchev–Trinajstić information content (AvgIpc) is 3.08. The first-order chi connectivity index (χ1) is 11.3. The van der Waals surface area contributed by atoms with Crippen LogP contribution in [-0.2, 0) is 9.47 Å². The first-order valence-electron chi connectivity index (χ1n) is 9.42. The van der Waals surface area contributed by atoms with Gasteiger partial charge in [0, 0.05) is 40.0 Å². The summed E-state index contributed by atoms with van der Waals surface area (Å²) in [6.45, 7) is 6.77. The van der Waals surface area contributed by atoms with E-state index in [2.05, 4.69) is 22.5 Å². The maximum absolute atomic E-state index is 5.89. The standard InChI is InChI=1S/C18H35N3O2.HI/c1-3-18(9-4-5-10-18)15-21-17(19-2)20-11-6-12-23-16-7-13-22-14-8-16;/h16H,3-15H2,1-2H3,(H2,19,20,21);1H. The van der Waals surface area contributed by atoms with Gasteiger partial charge in [0.1, 0.15) is 0 Å². The summed E-state index contributed by atoms with van der Waals surface area (Å²) < 4.78 is 11.2. The molecule has 0 unspecified atom stereocenters. The van der Waals surface area contributed by atoms with Crippen molar-refractivity contribution in [3.63, 3.8) is 0 Å². The number of hydrogen-bond acceptors (Lipinski definition) is 3. The molecule has 6 heteroatoms. The smallest absolute Gasteiger partial charge is 0.190 e. The molecule has 0 amide bonds. The van der Waals surface area contributed by atoms with Gasteiger partial charge in [0.05, 0.1) is 6.10 Å². The van der Waals surface area contributed by atoms with Crippen molar-refractivity contribution in [2.75, 3.05) is 40.0 Å². The summed E-state index contributed by atoms with van der Waals surface area (Å²) in [4.78, 5) is 4.34. The minimum atomic E-state index is 0. The Morgan fingerprint density at radius 1 is 1.21 bits per heavy atom. The van der Waals surface area contributed by atoms with Gasteiger partial charge in [-0.25, -0.2) is 0 Å². The largest absolute Gasteiger partial charge is 0.381 e. The molecule has 5 nitrogen and oxygen atoms in total. The zero-order chi connectivity index (χ0) is 16.4. The Kier molecular flexibility index (Phi) is 11.3. The van der Waals surface area contributed by atoms with Gasteiger partial charge in [0.15, 0.2) is 5.96 Å². The molecule has 2 N–H and O–H groups in total. The topological polar surface area (TPSA) is 54.9 Å². The Morgan fingerprint density at radius 3 is 2.54 bits per heavy atom. The summed E-state index contributed by atoms with van der Waals surface area (Å²) in [6.07, 6.45) is 10.2. The van der Waals surface area contributed by atoms with E-state index >= 15 is 0 Å². The highest BCUT2D eigenvalue weighted by molar-refractivity contribution is 14.0. The van der Waals surface area contributed by atoms with E-state index in [0.717, 1.165) is 58.1 Å². The van der Waals surface area contributed by atoms with Gasteiger partial charge in [-0.05, 0) is 43.9 Å². The maximum atomic E-state index is 5.89. The molecule has 142 valence electrons. The van der Waals surface area contributed by atoms with Crippen LogP contribution in [0.15, 0.2) is 4.99 Å². The molecule has 0 spiro atoms. The van der Waals surface area contributed by atoms with E-state index in [0.29, 0.717) is 11.5 Å². The molecule has 1 saturated carbocycles. The van der Waals surface area contributed by atoms with Crippen LogP contribution in [-0.4, -0.2) is 52.0 Å². The third kappa shape index (κ3) is 7.44. The molecular weight excluding hydrogens is 417 g/mol. The molecule has 0 atom stereocenters. The molecule has 0 radical (unpaired) electrons. The highest BCUT2D eigenvalue weighted by atomic mass is 127. The zero-order valence-corrected chi connectivity index (χ0v) is 17.8. The number of nitrogens with one attached hydrogen (secondary N) is 2. The van der Waals surface area contributed by atoms with E-state index in [4.69, 9.17) is 9.47 Å². The number of rotatable bonds is 8. The Hall–Kier alpha value is -0.0800. The molecule has 1 aliphatic carbocycles. The van der Waals surface area contributed by atoms with Crippen LogP contribution in [0.1, 0.15) is 58.3 Å². The number of halogens is 1. The summed E-state index contributed by atoms with van der Waals surface area (Å²) in [5.74, 6) is 0.927. The lowest BCUT2D eigenvalue weighted by molar-refractivity contribution is -0.0320. The van der Waals surface area contributed by atoms with Crippen molar-refractivity contribution in [2.45, 2.75) is 64.4 Å². The number of guanidine groups is 1. The van der Waals surface area contributed by atoms with Gasteiger partial charge in [0.25, 0.3) is 0 Å². The van der Waals surface area contributed by atoms with Crippen molar-refractivity contribution in [1.29, 1.82) is 0 Å². The molecular formula is C18H36IN3O2. The summed E-state index contributed by atoms with van der Waals surface area (Å²) >= 11 is 0. The molecule has 2 fully saturated rings. The minimum absolute atomic E-state index is 0. The SMILES string of the molecule is CCC1(CNC(=NC)NCCCOC2CCOCC2)CCCC1.I. The van der Waals surface area contributed by atoms with E-state index in [1.807, 2.05) is 7.05 Å². The van der Waals surface area contributed by atoms with E-state index in [1.165, 1.54) is 32.1 Å². The lowest BCUT2D eigenvalue weighted by Gasteiger charge is -2.28. The fourth-order valence-electron chi connectivity index (χ4n) is 3.64. The van der Waals surface area contributed by atoms with E-state index in [-0.39, 0.29) is 24.0 Å². The molecule has 0 aromatic rings. The number of nitrogens with zero attached hydrogens (tertiary/aromatic N) is 1. The van der Waals surface area contributed by atoms with Crippen LogP contribution in [0.4, 0.5) is 0 Å². The first kappa shape index (κ1) is 22.0. The van der Waals surface area contributed by atoms with Crippen LogP contribution in [0.3, 0.4) is 0 Å². The second-order valence-electron chi connectivity index (χ2n) is 6.95. The Bertz CT molecular complexity index is 354. The predicted octanol–water partition coefficient (Wildman–Crippen LogP) is 3.33. The molecule has 2 rings (SSSR count). The van der Waals surface area contributed by atoms with Gasteiger partial charge >= 0.3 is 0 Å². The lowest BCUT2D eigenvalue weighted by Crippen LogP contribution is -2.43. The van der Waals surface area contributed by atoms with Gasteiger partial charge in [0.2, 0.25) is 0 Å². The quantitative estimate of drug-likeness (QED) is 0.256. The Morgan fingerprint density at radius 2 is 1.92 bits per heavy atom. The molecule has 1 heterocycles. The van der Waals surface area contributed by atoms with E-state index in [9.17, 15) is 0 Å². The van der Waals surface area contributed by atoms with Crippen LogP contribution in [0.2, 0.25) is 0 Å². The molecule has 0 aromatic heterocycles. The molecule has 0 bridgehead atoms. The average molecular weight is 453 g/mol. The van der Waals surface area contributed by atoms with Crippen molar-refractivity contribution in [3.05, 3.63) is 0 Å². The molecule has 2 aliphatic rings. The summed E-state index contributed by atoms with van der Waals surface area (Å²) in [6, 6.07) is 0. The highest BCUT2D eigenvalue weighted by Gasteiger charge is 2.31. The highest BCUT2D eigenvalue weighted by Crippen LogP contribution is 2.40. The maximum Gasteiger partial charge on any atom is 0.190 e. The van der Waals surface area contributed by atoms with Gasteiger partial charge < -0.3 is 20.1 Å². The Labute approximate surface area is 164 Å². The van der Waals surface area contributed by atoms with Gasteiger partial charge in [-0.1, -0.05) is 19.8 Å². The third-order valence-electron chi connectivity index (χ3n) is 5.40. The Balaban J connectivity index is 0.00000288. The van der Waals surface area contributed by atoms with Crippen molar-refractivity contribution >= 4 is 29.9 Å². The number of hydrogen-bond donors (Lipinski definition) is 2. The lowest BCUT2D eigenvalue weighted by atomic mass is 9.83. The van der Waals surface area contributed by atoms with Crippen molar-refractivity contribution in [3.8, 4) is 0 Å². The summed E-state index contributed by atoms with van der Waals surface area (Å²) in [7, 11) is 1.85. The van der Waals surface area contributed by atoms with Gasteiger partial charge in [-0.2, -0.15) is 0 Å². The fraction of sp³-hybridized carbons (Fsp3) is 0.944. The van der Waals surface area contributed by atoms with Gasteiger partial charge in [-0.15, -0.1) is 24.0 Å². The first-order valence-corrected chi connectivity index (χ1v) is 9.42. The third-order valence-corrected chi connectivity index (χ3v) is 5.40. The van der Waals surface area contributed by atoms with Crippen LogP contribution in [0.5, 0.6) is 0 Å². The number of ether oxygens (including phenoxy) is 2. The van der Waals surface area contributed by atoms with Crippen molar-refractivity contribution < 1.29 is 9.47 Å². The van der Waals surface area contributed by atoms with Crippen molar-refractivity contribution in [1.82, 2.24) is 10.6 Å². The molecule has 1 aliphatic heterocycles. The van der Waals surface area contributed by atoms with Crippen LogP contribution in [0.25, 0.3) is 0 Å². The summed E-state index contributed by atoms with van der Waals surface area (Å²) in [5.41, 5.74) is 0.490. The van der Waals surface area contributed by atoms with Crippen LogP contribution < -0.4 is 10.6 Å². The second-order valence-corrected chi connectivity index (χ2v) is 6.95. The monoisotopic (exact) mass is 453 g/mol. The zero-order valence-electron chi connectivity index (χ0n) is 15.4. The molecule has 1 saturated heterocycles. The molecule has 24 heavy (non-hydrogen) atoms. The predicted molar refractivity (Wildman–Crippen MR) is 110 cm³/mol. The van der Waals surface area contributed by atoms with Crippen LogP contribution in [0, 0.1) is 5.41 Å².